The molecule has 1 aromatic carbocycles. The zero-order chi connectivity index (χ0) is 17.2. The number of likely N-dealkylation sites (tertiary alicyclic amines) is 1. The number of carbonyl (C=O) groups excluding carboxylic acids is 1. The fourth-order valence-electron chi connectivity index (χ4n) is 4.51. The van der Waals surface area contributed by atoms with Crippen LogP contribution in [0, 0.1) is 0 Å². The Balaban J connectivity index is 1.52. The molecular weight excluding hydrogens is 338 g/mol. The van der Waals surface area contributed by atoms with Gasteiger partial charge in [0, 0.05) is 18.1 Å². The molecule has 4 rings (SSSR count). The molecule has 0 bridgehead atoms. The molecule has 3 fully saturated rings. The van der Waals surface area contributed by atoms with Crippen molar-refractivity contribution < 1.29 is 9.53 Å². The Morgan fingerprint density at radius 2 is 2.08 bits per heavy atom. The number of hydrogen-bond acceptors (Lipinski definition) is 4. The quantitative estimate of drug-likeness (QED) is 0.885. The first-order chi connectivity index (χ1) is 12.2. The summed E-state index contributed by atoms with van der Waals surface area (Å²) in [4.78, 5) is 17.7. The van der Waals surface area contributed by atoms with Crippen molar-refractivity contribution in [2.24, 2.45) is 0 Å². The number of ether oxygens (including phenoxy) is 1. The number of halogens is 1. The van der Waals surface area contributed by atoms with Gasteiger partial charge in [0.15, 0.2) is 0 Å². The van der Waals surface area contributed by atoms with Crippen LogP contribution in [0.2, 0.25) is 5.02 Å². The number of nitrogens with one attached hydrogen (secondary N) is 1. The molecular formula is C19H26ClN3O2. The molecule has 0 radical (unpaired) electrons. The monoisotopic (exact) mass is 363 g/mol. The van der Waals surface area contributed by atoms with E-state index in [2.05, 4.69) is 15.1 Å². The molecule has 3 aliphatic rings. The van der Waals surface area contributed by atoms with Gasteiger partial charge in [-0.25, -0.2) is 0 Å². The maximum absolute atomic E-state index is 13.1. The standard InChI is InChI=1S/C19H26ClN3O2/c20-15-5-3-4-14(10-15)11-18(24)23-9-6-21-16-12-25-13-17(19(16)23)22-7-1-2-8-22/h3-5,10,16-17,19,21H,1-2,6-9,11-13H2/t16-,17+,19+/m0/s1. The summed E-state index contributed by atoms with van der Waals surface area (Å²) < 4.78 is 5.87. The Kier molecular flexibility index (Phi) is 5.27. The fraction of sp³-hybridized carbons (Fsp3) is 0.632. The molecule has 1 aromatic rings. The van der Waals surface area contributed by atoms with Gasteiger partial charge in [0.25, 0.3) is 0 Å². The second-order valence-corrected chi connectivity index (χ2v) is 7.73. The van der Waals surface area contributed by atoms with Crippen molar-refractivity contribution in [3.05, 3.63) is 34.9 Å². The highest BCUT2D eigenvalue weighted by atomic mass is 35.5. The Labute approximate surface area is 154 Å². The lowest BCUT2D eigenvalue weighted by Crippen LogP contribution is -2.70. The minimum atomic E-state index is 0.199. The first-order valence-electron chi connectivity index (χ1n) is 9.31. The van der Waals surface area contributed by atoms with Crippen LogP contribution in [0.15, 0.2) is 24.3 Å². The maximum atomic E-state index is 13.1. The summed E-state index contributed by atoms with van der Waals surface area (Å²) in [6, 6.07) is 8.36. The smallest absolute Gasteiger partial charge is 0.227 e. The molecule has 3 atom stereocenters. The lowest BCUT2D eigenvalue weighted by molar-refractivity contribution is -0.142. The van der Waals surface area contributed by atoms with Crippen molar-refractivity contribution in [3.63, 3.8) is 0 Å². The van der Waals surface area contributed by atoms with Gasteiger partial charge in [0.2, 0.25) is 5.91 Å². The van der Waals surface area contributed by atoms with E-state index in [0.717, 1.165) is 38.3 Å². The van der Waals surface area contributed by atoms with Gasteiger partial charge < -0.3 is 15.0 Å². The molecule has 0 spiro atoms. The molecule has 0 aliphatic carbocycles. The van der Waals surface area contributed by atoms with Crippen molar-refractivity contribution in [1.82, 2.24) is 15.1 Å². The molecule has 3 aliphatic heterocycles. The van der Waals surface area contributed by atoms with Crippen LogP contribution in [-0.4, -0.2) is 73.2 Å². The average Bonchev–Trinajstić information content (AvgIpc) is 3.15. The van der Waals surface area contributed by atoms with E-state index in [4.69, 9.17) is 16.3 Å². The molecule has 3 heterocycles. The van der Waals surface area contributed by atoms with Crippen LogP contribution in [0.4, 0.5) is 0 Å². The molecule has 136 valence electrons. The number of carbonyl (C=O) groups is 1. The molecule has 0 unspecified atom stereocenters. The van der Waals surface area contributed by atoms with Crippen molar-refractivity contribution in [1.29, 1.82) is 0 Å². The Hall–Kier alpha value is -1.14. The summed E-state index contributed by atoms with van der Waals surface area (Å²) in [5.74, 6) is 0.199. The molecule has 0 saturated carbocycles. The Morgan fingerprint density at radius 3 is 2.88 bits per heavy atom. The Bertz CT molecular complexity index is 618. The maximum Gasteiger partial charge on any atom is 0.227 e. The van der Waals surface area contributed by atoms with Gasteiger partial charge in [-0.15, -0.1) is 0 Å². The van der Waals surface area contributed by atoms with E-state index in [1.807, 2.05) is 24.3 Å². The molecule has 6 heteroatoms. The number of piperazine rings is 1. The SMILES string of the molecule is O=C(Cc1cccc(Cl)c1)N1CCN[C@H]2COC[C@@H](N3CCCC3)[C@@H]21. The van der Waals surface area contributed by atoms with Gasteiger partial charge in [-0.1, -0.05) is 23.7 Å². The van der Waals surface area contributed by atoms with Crippen molar-refractivity contribution >= 4 is 17.5 Å². The molecule has 0 aromatic heterocycles. The van der Waals surface area contributed by atoms with Crippen LogP contribution in [0.3, 0.4) is 0 Å². The molecule has 1 amide bonds. The minimum Gasteiger partial charge on any atom is -0.378 e. The molecule has 1 N–H and O–H groups in total. The zero-order valence-corrected chi connectivity index (χ0v) is 15.3. The van der Waals surface area contributed by atoms with E-state index >= 15 is 0 Å². The van der Waals surface area contributed by atoms with Gasteiger partial charge in [0.05, 0.1) is 37.8 Å². The van der Waals surface area contributed by atoms with E-state index in [0.29, 0.717) is 24.1 Å². The largest absolute Gasteiger partial charge is 0.378 e. The summed E-state index contributed by atoms with van der Waals surface area (Å²) >= 11 is 6.08. The molecule has 25 heavy (non-hydrogen) atoms. The third kappa shape index (κ3) is 3.70. The first kappa shape index (κ1) is 17.3. The van der Waals surface area contributed by atoms with E-state index in [-0.39, 0.29) is 18.0 Å². The van der Waals surface area contributed by atoms with Gasteiger partial charge in [-0.05, 0) is 43.6 Å². The lowest BCUT2D eigenvalue weighted by Gasteiger charge is -2.50. The van der Waals surface area contributed by atoms with Crippen LogP contribution in [-0.2, 0) is 16.0 Å². The zero-order valence-electron chi connectivity index (χ0n) is 14.5. The van der Waals surface area contributed by atoms with Crippen molar-refractivity contribution in [2.45, 2.75) is 37.4 Å². The number of amides is 1. The number of fused-ring (bicyclic) bond motifs is 1. The number of nitrogens with zero attached hydrogens (tertiary/aromatic N) is 2. The summed E-state index contributed by atoms with van der Waals surface area (Å²) in [7, 11) is 0. The Morgan fingerprint density at radius 1 is 1.24 bits per heavy atom. The third-order valence-electron chi connectivity index (χ3n) is 5.69. The minimum absolute atomic E-state index is 0.199. The summed E-state index contributed by atoms with van der Waals surface area (Å²) in [5.41, 5.74) is 0.984. The summed E-state index contributed by atoms with van der Waals surface area (Å²) in [6.07, 6.45) is 2.91. The van der Waals surface area contributed by atoms with Crippen molar-refractivity contribution in [3.8, 4) is 0 Å². The topological polar surface area (TPSA) is 44.8 Å². The number of hydrogen-bond donors (Lipinski definition) is 1. The van der Waals surface area contributed by atoms with Crippen LogP contribution in [0.5, 0.6) is 0 Å². The summed E-state index contributed by atoms with van der Waals surface area (Å²) in [5, 5.41) is 4.25. The van der Waals surface area contributed by atoms with E-state index < -0.39 is 0 Å². The van der Waals surface area contributed by atoms with E-state index in [1.54, 1.807) is 0 Å². The van der Waals surface area contributed by atoms with Crippen LogP contribution < -0.4 is 5.32 Å². The van der Waals surface area contributed by atoms with Crippen LogP contribution >= 0.6 is 11.6 Å². The first-order valence-corrected chi connectivity index (χ1v) is 9.69. The van der Waals surface area contributed by atoms with Crippen molar-refractivity contribution in [2.75, 3.05) is 39.4 Å². The van der Waals surface area contributed by atoms with Gasteiger partial charge >= 0.3 is 0 Å². The highest BCUT2D eigenvalue weighted by Gasteiger charge is 2.44. The van der Waals surface area contributed by atoms with Gasteiger partial charge in [-0.2, -0.15) is 0 Å². The predicted molar refractivity (Wildman–Crippen MR) is 97.9 cm³/mol. The predicted octanol–water partition coefficient (Wildman–Crippen LogP) is 1.55. The number of benzene rings is 1. The number of rotatable bonds is 3. The highest BCUT2D eigenvalue weighted by Crippen LogP contribution is 2.26. The summed E-state index contributed by atoms with van der Waals surface area (Å²) in [6.45, 7) is 5.25. The normalized spacial score (nSPS) is 30.3. The van der Waals surface area contributed by atoms with Crippen LogP contribution in [0.1, 0.15) is 18.4 Å². The second kappa shape index (κ2) is 7.62. The molecule has 5 nitrogen and oxygen atoms in total. The molecule has 3 saturated heterocycles. The van der Waals surface area contributed by atoms with E-state index in [1.165, 1.54) is 12.8 Å². The highest BCUT2D eigenvalue weighted by molar-refractivity contribution is 6.30. The average molecular weight is 364 g/mol. The lowest BCUT2D eigenvalue weighted by atomic mass is 9.92. The second-order valence-electron chi connectivity index (χ2n) is 7.29. The van der Waals surface area contributed by atoms with Gasteiger partial charge in [0.1, 0.15) is 0 Å². The van der Waals surface area contributed by atoms with Crippen LogP contribution in [0.25, 0.3) is 0 Å². The third-order valence-corrected chi connectivity index (χ3v) is 5.92. The fourth-order valence-corrected chi connectivity index (χ4v) is 4.73. The van der Waals surface area contributed by atoms with E-state index in [9.17, 15) is 4.79 Å². The van der Waals surface area contributed by atoms with Gasteiger partial charge in [-0.3, -0.25) is 9.69 Å².